The van der Waals surface area contributed by atoms with Gasteiger partial charge in [-0.3, -0.25) is 9.59 Å². The Kier molecular flexibility index (Phi) is 3.82. The van der Waals surface area contributed by atoms with Gasteiger partial charge in [0.05, 0.1) is 13.2 Å². The minimum absolute atomic E-state index is 0.114. The molecule has 130 valence electrons. The van der Waals surface area contributed by atoms with Crippen molar-refractivity contribution in [1.82, 2.24) is 14.9 Å². The van der Waals surface area contributed by atoms with Gasteiger partial charge in [0.15, 0.2) is 0 Å². The van der Waals surface area contributed by atoms with E-state index in [-0.39, 0.29) is 23.1 Å². The monoisotopic (exact) mass is 339 g/mol. The lowest BCUT2D eigenvalue weighted by Gasteiger charge is -2.35. The summed E-state index contributed by atoms with van der Waals surface area (Å²) >= 11 is 0. The van der Waals surface area contributed by atoms with E-state index in [0.29, 0.717) is 18.3 Å². The van der Waals surface area contributed by atoms with Gasteiger partial charge < -0.3 is 14.6 Å². The van der Waals surface area contributed by atoms with Crippen LogP contribution in [0.2, 0.25) is 0 Å². The third-order valence-electron chi connectivity index (χ3n) is 5.17. The second-order valence-corrected chi connectivity index (χ2v) is 6.77. The maximum Gasteiger partial charge on any atom is 0.263 e. The van der Waals surface area contributed by atoms with Crippen LogP contribution in [0.1, 0.15) is 59.0 Å². The number of carbonyl (C=O) groups excluding carboxylic acids is 1. The summed E-state index contributed by atoms with van der Waals surface area (Å²) in [6.45, 7) is 2.57. The standard InChI is InChI=1S/C19H21N3O3/c1-11-15-9-14(25-2)6-5-12(15)7-8-22(11)19(24)16-10-20-17(13-3-4-13)21-18(16)23/h5-6,9-11,13H,3-4,7-8H2,1-2H3,(H,20,21,23). The van der Waals surface area contributed by atoms with Crippen molar-refractivity contribution in [1.29, 1.82) is 0 Å². The van der Waals surface area contributed by atoms with Gasteiger partial charge in [-0.2, -0.15) is 0 Å². The molecule has 0 spiro atoms. The second-order valence-electron chi connectivity index (χ2n) is 6.77. The van der Waals surface area contributed by atoms with E-state index in [1.807, 2.05) is 25.1 Å². The Labute approximate surface area is 145 Å². The van der Waals surface area contributed by atoms with E-state index >= 15 is 0 Å². The Morgan fingerprint density at radius 3 is 2.84 bits per heavy atom. The van der Waals surface area contributed by atoms with Crippen molar-refractivity contribution in [2.45, 2.75) is 38.1 Å². The van der Waals surface area contributed by atoms with Gasteiger partial charge in [-0.05, 0) is 49.4 Å². The molecule has 2 aromatic rings. The molecule has 0 bridgehead atoms. The van der Waals surface area contributed by atoms with Gasteiger partial charge in [-0.15, -0.1) is 0 Å². The molecule has 1 aromatic heterocycles. The van der Waals surface area contributed by atoms with E-state index in [1.54, 1.807) is 12.0 Å². The number of aromatic nitrogens is 2. The molecule has 1 fully saturated rings. The largest absolute Gasteiger partial charge is 0.497 e. The first kappa shape index (κ1) is 15.9. The predicted molar refractivity (Wildman–Crippen MR) is 93.0 cm³/mol. The number of nitrogens with one attached hydrogen (secondary N) is 1. The number of aromatic amines is 1. The summed E-state index contributed by atoms with van der Waals surface area (Å²) in [5, 5.41) is 0. The average molecular weight is 339 g/mol. The van der Waals surface area contributed by atoms with Gasteiger partial charge in [0.2, 0.25) is 0 Å². The number of hydrogen-bond acceptors (Lipinski definition) is 4. The first-order chi connectivity index (χ1) is 12.1. The van der Waals surface area contributed by atoms with Gasteiger partial charge in [0.1, 0.15) is 17.1 Å². The van der Waals surface area contributed by atoms with Crippen molar-refractivity contribution in [2.24, 2.45) is 0 Å². The highest BCUT2D eigenvalue weighted by atomic mass is 16.5. The molecule has 1 aliphatic carbocycles. The van der Waals surface area contributed by atoms with E-state index in [2.05, 4.69) is 9.97 Å². The molecule has 25 heavy (non-hydrogen) atoms. The number of rotatable bonds is 3. The van der Waals surface area contributed by atoms with E-state index in [9.17, 15) is 9.59 Å². The number of methoxy groups -OCH3 is 1. The molecule has 6 heteroatoms. The summed E-state index contributed by atoms with van der Waals surface area (Å²) in [5.41, 5.74) is 2.06. The number of nitrogens with zero attached hydrogens (tertiary/aromatic N) is 2. The number of benzene rings is 1. The summed E-state index contributed by atoms with van der Waals surface area (Å²) in [5.74, 6) is 1.55. The fourth-order valence-electron chi connectivity index (χ4n) is 3.48. The number of amides is 1. The van der Waals surface area contributed by atoms with Gasteiger partial charge in [0, 0.05) is 18.7 Å². The van der Waals surface area contributed by atoms with Crippen molar-refractivity contribution in [3.8, 4) is 5.75 Å². The Hall–Kier alpha value is -2.63. The van der Waals surface area contributed by atoms with Crippen LogP contribution in [0, 0.1) is 0 Å². The molecule has 2 heterocycles. The zero-order chi connectivity index (χ0) is 17.6. The first-order valence-electron chi connectivity index (χ1n) is 8.65. The van der Waals surface area contributed by atoms with Gasteiger partial charge in [-0.1, -0.05) is 6.07 Å². The fourth-order valence-corrected chi connectivity index (χ4v) is 3.48. The molecule has 4 rings (SSSR count). The maximum atomic E-state index is 12.9. The Morgan fingerprint density at radius 2 is 2.16 bits per heavy atom. The number of hydrogen-bond donors (Lipinski definition) is 1. The highest BCUT2D eigenvalue weighted by molar-refractivity contribution is 5.94. The molecule has 1 amide bonds. The third kappa shape index (κ3) is 2.81. The minimum atomic E-state index is -0.342. The first-order valence-corrected chi connectivity index (χ1v) is 8.65. The Morgan fingerprint density at radius 1 is 1.36 bits per heavy atom. The van der Waals surface area contributed by atoms with Crippen LogP contribution in [0.5, 0.6) is 5.75 Å². The highest BCUT2D eigenvalue weighted by Crippen LogP contribution is 2.37. The second kappa shape index (κ2) is 6.02. The molecule has 1 atom stereocenters. The molecule has 2 aliphatic rings. The summed E-state index contributed by atoms with van der Waals surface area (Å²) in [6.07, 6.45) is 4.31. The lowest BCUT2D eigenvalue weighted by atomic mass is 9.93. The Bertz CT molecular complexity index is 886. The summed E-state index contributed by atoms with van der Waals surface area (Å²) < 4.78 is 5.30. The molecule has 0 saturated heterocycles. The van der Waals surface area contributed by atoms with Crippen LogP contribution < -0.4 is 10.3 Å². The van der Waals surface area contributed by atoms with Crippen LogP contribution in [0.15, 0.2) is 29.2 Å². The van der Waals surface area contributed by atoms with E-state index in [1.165, 1.54) is 11.8 Å². The quantitative estimate of drug-likeness (QED) is 0.932. The molecular formula is C19H21N3O3. The van der Waals surface area contributed by atoms with E-state index in [4.69, 9.17) is 4.74 Å². The summed E-state index contributed by atoms with van der Waals surface area (Å²) in [4.78, 5) is 34.1. The van der Waals surface area contributed by atoms with Crippen LogP contribution in [0.3, 0.4) is 0 Å². The Balaban J connectivity index is 1.63. The van der Waals surface area contributed by atoms with Crippen molar-refractivity contribution in [3.05, 3.63) is 57.3 Å². The van der Waals surface area contributed by atoms with Crippen LogP contribution in [0.25, 0.3) is 0 Å². The van der Waals surface area contributed by atoms with E-state index < -0.39 is 0 Å². The minimum Gasteiger partial charge on any atom is -0.497 e. The van der Waals surface area contributed by atoms with Crippen LogP contribution in [-0.4, -0.2) is 34.4 Å². The molecule has 1 unspecified atom stereocenters. The molecular weight excluding hydrogens is 318 g/mol. The molecule has 6 nitrogen and oxygen atoms in total. The molecule has 0 radical (unpaired) electrons. The summed E-state index contributed by atoms with van der Waals surface area (Å²) in [6, 6.07) is 5.84. The molecule has 1 aromatic carbocycles. The molecule has 1 N–H and O–H groups in total. The van der Waals surface area contributed by atoms with E-state index in [0.717, 1.165) is 30.6 Å². The zero-order valence-corrected chi connectivity index (χ0v) is 14.4. The number of fused-ring (bicyclic) bond motifs is 1. The van der Waals surface area contributed by atoms with Crippen molar-refractivity contribution in [2.75, 3.05) is 13.7 Å². The van der Waals surface area contributed by atoms with Crippen LogP contribution >= 0.6 is 0 Å². The molecule has 1 saturated carbocycles. The third-order valence-corrected chi connectivity index (χ3v) is 5.17. The normalized spacial score (nSPS) is 19.4. The van der Waals surface area contributed by atoms with Crippen LogP contribution in [0.4, 0.5) is 0 Å². The fraction of sp³-hybridized carbons (Fsp3) is 0.421. The topological polar surface area (TPSA) is 75.3 Å². The maximum absolute atomic E-state index is 12.9. The average Bonchev–Trinajstić information content (AvgIpc) is 3.46. The SMILES string of the molecule is COc1ccc2c(c1)C(C)N(C(=O)c1cnc(C3CC3)[nH]c1=O)CC2. The number of carbonyl (C=O) groups is 1. The summed E-state index contributed by atoms with van der Waals surface area (Å²) in [7, 11) is 1.63. The molecule has 1 aliphatic heterocycles. The van der Waals surface area contributed by atoms with Crippen molar-refractivity contribution in [3.63, 3.8) is 0 Å². The van der Waals surface area contributed by atoms with Crippen molar-refractivity contribution < 1.29 is 9.53 Å². The predicted octanol–water partition coefficient (Wildman–Crippen LogP) is 2.42. The smallest absolute Gasteiger partial charge is 0.263 e. The lowest BCUT2D eigenvalue weighted by molar-refractivity contribution is 0.0675. The zero-order valence-electron chi connectivity index (χ0n) is 14.4. The number of ether oxygens (including phenoxy) is 1. The van der Waals surface area contributed by atoms with Crippen LogP contribution in [-0.2, 0) is 6.42 Å². The van der Waals surface area contributed by atoms with Gasteiger partial charge >= 0.3 is 0 Å². The lowest BCUT2D eigenvalue weighted by Crippen LogP contribution is -2.41. The van der Waals surface area contributed by atoms with Crippen molar-refractivity contribution >= 4 is 5.91 Å². The highest BCUT2D eigenvalue weighted by Gasteiger charge is 2.31. The number of H-pyrrole nitrogens is 1. The van der Waals surface area contributed by atoms with Gasteiger partial charge in [-0.25, -0.2) is 4.98 Å². The van der Waals surface area contributed by atoms with Gasteiger partial charge in [0.25, 0.3) is 11.5 Å².